The van der Waals surface area contributed by atoms with Crippen LogP contribution in [0.3, 0.4) is 0 Å². The van der Waals surface area contributed by atoms with Crippen molar-refractivity contribution < 1.29 is 0 Å². The van der Waals surface area contributed by atoms with E-state index in [4.69, 9.17) is 15.0 Å². The minimum Gasteiger partial charge on any atom is -0.278 e. The first-order valence-corrected chi connectivity index (χ1v) is 20.4. The summed E-state index contributed by atoms with van der Waals surface area (Å²) in [5.74, 6) is 3.45. The minimum absolute atomic E-state index is 0.546. The van der Waals surface area contributed by atoms with Gasteiger partial charge in [0, 0.05) is 86.2 Å². The monoisotopic (exact) mass is 810 g/mol. The first kappa shape index (κ1) is 34.8. The Bertz CT molecular complexity index is 3500. The van der Waals surface area contributed by atoms with E-state index in [0.717, 1.165) is 82.1 Å². The van der Waals surface area contributed by atoms with Gasteiger partial charge in [-0.1, -0.05) is 54.6 Å². The number of hydrogen-bond acceptors (Lipinski definition) is 9. The van der Waals surface area contributed by atoms with Crippen molar-refractivity contribution in [2.45, 2.75) is 0 Å². The van der Waals surface area contributed by atoms with E-state index < -0.39 is 0 Å². The molecule has 13 aromatic rings. The van der Waals surface area contributed by atoms with E-state index in [1.165, 1.54) is 0 Å². The number of fused-ring (bicyclic) bond motifs is 9. The van der Waals surface area contributed by atoms with Gasteiger partial charge in [-0.2, -0.15) is 0 Å². The van der Waals surface area contributed by atoms with Crippen molar-refractivity contribution >= 4 is 65.4 Å². The Kier molecular flexibility index (Phi) is 7.60. The lowest BCUT2D eigenvalue weighted by atomic mass is 10.1. The SMILES string of the molecule is c1cnc(-n2c3ccccc3c3cc(-c4nc(-c5ccc6c(c5)c5ccccc5n6-c5ncccn5)nc(-c5ccc6c(c5)c5ccccc5n6-c5ncccn5)n4)ccc32)nc1. The van der Waals surface area contributed by atoms with Crippen LogP contribution in [0.1, 0.15) is 0 Å². The highest BCUT2D eigenvalue weighted by Crippen LogP contribution is 2.38. The summed E-state index contributed by atoms with van der Waals surface area (Å²) in [4.78, 5) is 43.4. The van der Waals surface area contributed by atoms with Gasteiger partial charge in [-0.15, -0.1) is 0 Å². The molecule has 12 heteroatoms. The minimum atomic E-state index is 0.546. The molecule has 6 aromatic carbocycles. The Morgan fingerprint density at radius 3 is 0.825 bits per heavy atom. The molecule has 0 N–H and O–H groups in total. The second-order valence-electron chi connectivity index (χ2n) is 15.2. The number of nitrogens with zero attached hydrogens (tertiary/aromatic N) is 12. The first-order chi connectivity index (χ1) is 31.2. The normalized spacial score (nSPS) is 11.8. The molecule has 0 amide bonds. The van der Waals surface area contributed by atoms with Crippen LogP contribution in [0.5, 0.6) is 0 Å². The van der Waals surface area contributed by atoms with Gasteiger partial charge in [-0.3, -0.25) is 13.7 Å². The highest BCUT2D eigenvalue weighted by molar-refractivity contribution is 6.12. The molecule has 0 aliphatic rings. The fraction of sp³-hybridized carbons (Fsp3) is 0. The predicted molar refractivity (Wildman–Crippen MR) is 246 cm³/mol. The molecule has 0 aliphatic heterocycles. The van der Waals surface area contributed by atoms with Gasteiger partial charge in [-0.05, 0) is 91.0 Å². The zero-order chi connectivity index (χ0) is 41.4. The van der Waals surface area contributed by atoms with Crippen LogP contribution in [0.25, 0.3) is 117 Å². The molecule has 13 rings (SSSR count). The molecule has 0 saturated carbocycles. The molecule has 7 heterocycles. The number of para-hydroxylation sites is 3. The van der Waals surface area contributed by atoms with E-state index in [-0.39, 0.29) is 0 Å². The molecule has 0 spiro atoms. The third-order valence-electron chi connectivity index (χ3n) is 11.7. The van der Waals surface area contributed by atoms with Crippen LogP contribution in [0.2, 0.25) is 0 Å². The largest absolute Gasteiger partial charge is 0.278 e. The highest BCUT2D eigenvalue weighted by Gasteiger charge is 2.21. The van der Waals surface area contributed by atoms with Crippen molar-refractivity contribution in [3.63, 3.8) is 0 Å². The molecule has 294 valence electrons. The van der Waals surface area contributed by atoms with Gasteiger partial charge >= 0.3 is 0 Å². The molecular weight excluding hydrogens is 781 g/mol. The fourth-order valence-corrected chi connectivity index (χ4v) is 8.97. The van der Waals surface area contributed by atoms with Crippen LogP contribution in [-0.4, -0.2) is 58.6 Å². The lowest BCUT2D eigenvalue weighted by molar-refractivity contribution is 0.988. The summed E-state index contributed by atoms with van der Waals surface area (Å²) in [6.07, 6.45) is 10.6. The van der Waals surface area contributed by atoms with Crippen LogP contribution in [0, 0.1) is 0 Å². The van der Waals surface area contributed by atoms with Crippen molar-refractivity contribution in [1.82, 2.24) is 58.6 Å². The van der Waals surface area contributed by atoms with Crippen LogP contribution in [0.15, 0.2) is 183 Å². The Labute approximate surface area is 357 Å². The van der Waals surface area contributed by atoms with E-state index in [2.05, 4.69) is 153 Å². The van der Waals surface area contributed by atoms with Gasteiger partial charge in [0.05, 0.1) is 33.1 Å². The zero-order valence-corrected chi connectivity index (χ0v) is 33.2. The number of benzene rings is 6. The standard InChI is InChI=1S/C51H30N12/c1-4-13-40-34(10-1)37-28-31(16-19-43(37)61(40)49-52-22-7-23-53-49)46-58-47(32-17-20-44-38(29-32)35-11-2-5-14-41(35)62(44)50-54-24-8-25-55-50)60-48(59-46)33-18-21-45-39(30-33)36-12-3-6-15-42(36)63(45)51-56-26-9-27-57-51/h1-30H. The number of aromatic nitrogens is 12. The number of rotatable bonds is 6. The Morgan fingerprint density at radius 1 is 0.254 bits per heavy atom. The Hall–Kier alpha value is -9.03. The van der Waals surface area contributed by atoms with Crippen molar-refractivity contribution in [2.75, 3.05) is 0 Å². The summed E-state index contributed by atoms with van der Waals surface area (Å²) < 4.78 is 6.28. The van der Waals surface area contributed by atoms with Gasteiger partial charge < -0.3 is 0 Å². The van der Waals surface area contributed by atoms with Gasteiger partial charge in [0.2, 0.25) is 17.8 Å². The quantitative estimate of drug-likeness (QED) is 0.161. The second kappa shape index (κ2) is 13.8. The Balaban J connectivity index is 1.04. The van der Waals surface area contributed by atoms with Crippen LogP contribution in [0.4, 0.5) is 0 Å². The molecule has 0 radical (unpaired) electrons. The topological polar surface area (TPSA) is 131 Å². The third-order valence-corrected chi connectivity index (χ3v) is 11.7. The molecule has 0 aliphatic carbocycles. The maximum atomic E-state index is 5.25. The van der Waals surface area contributed by atoms with Crippen molar-refractivity contribution in [3.05, 3.63) is 183 Å². The second-order valence-corrected chi connectivity index (χ2v) is 15.2. The van der Waals surface area contributed by atoms with Gasteiger partial charge in [0.1, 0.15) is 0 Å². The third kappa shape index (κ3) is 5.45. The van der Waals surface area contributed by atoms with E-state index in [1.54, 1.807) is 37.2 Å². The maximum Gasteiger partial charge on any atom is 0.234 e. The smallest absolute Gasteiger partial charge is 0.234 e. The first-order valence-electron chi connectivity index (χ1n) is 20.4. The summed E-state index contributed by atoms with van der Waals surface area (Å²) in [6.45, 7) is 0. The van der Waals surface area contributed by atoms with Gasteiger partial charge in [-0.25, -0.2) is 44.9 Å². The molecule has 0 bridgehead atoms. The predicted octanol–water partition coefficient (Wildman–Crippen LogP) is 10.5. The molecule has 0 saturated heterocycles. The molecule has 0 atom stereocenters. The Morgan fingerprint density at radius 2 is 0.524 bits per heavy atom. The van der Waals surface area contributed by atoms with Gasteiger partial charge in [0.15, 0.2) is 17.5 Å². The van der Waals surface area contributed by atoms with E-state index >= 15 is 0 Å². The summed E-state index contributed by atoms with van der Waals surface area (Å²) in [5, 5.41) is 6.33. The van der Waals surface area contributed by atoms with Crippen LogP contribution in [-0.2, 0) is 0 Å². The van der Waals surface area contributed by atoms with E-state index in [1.807, 2.05) is 36.4 Å². The van der Waals surface area contributed by atoms with Crippen molar-refractivity contribution in [1.29, 1.82) is 0 Å². The molecule has 63 heavy (non-hydrogen) atoms. The average molecular weight is 811 g/mol. The molecule has 0 fully saturated rings. The lowest BCUT2D eigenvalue weighted by Crippen LogP contribution is -2.01. The number of hydrogen-bond donors (Lipinski definition) is 0. The fourth-order valence-electron chi connectivity index (χ4n) is 8.97. The summed E-state index contributed by atoms with van der Waals surface area (Å²) in [6, 6.07) is 49.4. The lowest BCUT2D eigenvalue weighted by Gasteiger charge is -2.10. The van der Waals surface area contributed by atoms with Crippen molar-refractivity contribution in [2.24, 2.45) is 0 Å². The summed E-state index contributed by atoms with van der Waals surface area (Å²) in [7, 11) is 0. The molecule has 7 aromatic heterocycles. The van der Waals surface area contributed by atoms with E-state index in [0.29, 0.717) is 35.3 Å². The molecule has 0 unspecified atom stereocenters. The van der Waals surface area contributed by atoms with Crippen molar-refractivity contribution in [3.8, 4) is 52.0 Å². The highest BCUT2D eigenvalue weighted by atomic mass is 15.2. The van der Waals surface area contributed by atoms with Crippen LogP contribution >= 0.6 is 0 Å². The molecular formula is C51H30N12. The maximum absolute atomic E-state index is 5.25. The zero-order valence-electron chi connectivity index (χ0n) is 33.2. The molecule has 12 nitrogen and oxygen atoms in total. The summed E-state index contributed by atoms with van der Waals surface area (Å²) >= 11 is 0. The average Bonchev–Trinajstić information content (AvgIpc) is 3.99. The van der Waals surface area contributed by atoms with Crippen LogP contribution < -0.4 is 0 Å². The van der Waals surface area contributed by atoms with Gasteiger partial charge in [0.25, 0.3) is 0 Å². The van der Waals surface area contributed by atoms with E-state index in [9.17, 15) is 0 Å². The summed E-state index contributed by atoms with van der Waals surface area (Å²) in [5.41, 5.74) is 8.52.